The van der Waals surface area contributed by atoms with Gasteiger partial charge in [0.15, 0.2) is 0 Å². The number of sulfonamides is 1. The van der Waals surface area contributed by atoms with Gasteiger partial charge in [-0.15, -0.1) is 0 Å². The molecule has 0 radical (unpaired) electrons. The first-order valence-corrected chi connectivity index (χ1v) is 14.0. The van der Waals surface area contributed by atoms with Crippen LogP contribution in [0.5, 0.6) is 0 Å². The van der Waals surface area contributed by atoms with E-state index in [1.807, 2.05) is 63.2 Å². The van der Waals surface area contributed by atoms with Gasteiger partial charge in [-0.3, -0.25) is 13.9 Å². The Morgan fingerprint density at radius 2 is 1.41 bits per heavy atom. The molecule has 4 rings (SSSR count). The van der Waals surface area contributed by atoms with E-state index in [0.29, 0.717) is 17.9 Å². The number of carbonyl (C=O) groups is 2. The van der Waals surface area contributed by atoms with Crippen molar-refractivity contribution in [2.75, 3.05) is 16.2 Å². The summed E-state index contributed by atoms with van der Waals surface area (Å²) in [5.74, 6) is -0.928. The van der Waals surface area contributed by atoms with Gasteiger partial charge >= 0.3 is 0 Å². The highest BCUT2D eigenvalue weighted by Gasteiger charge is 2.28. The van der Waals surface area contributed by atoms with Crippen molar-refractivity contribution in [2.45, 2.75) is 32.2 Å². The number of nitrogens with one attached hydrogen (secondary N) is 2. The Kier molecular flexibility index (Phi) is 8.46. The van der Waals surface area contributed by atoms with Crippen LogP contribution in [0.15, 0.2) is 102 Å². The fraction of sp³-hybridized carbons (Fsp3) is 0.161. The topological polar surface area (TPSA) is 95.6 Å². The largest absolute Gasteiger partial charge is 0.348 e. The molecule has 0 saturated carbocycles. The van der Waals surface area contributed by atoms with E-state index in [1.54, 1.807) is 42.5 Å². The highest BCUT2D eigenvalue weighted by molar-refractivity contribution is 7.92. The number of para-hydroxylation sites is 1. The first-order chi connectivity index (χ1) is 18.6. The predicted octanol–water partition coefficient (Wildman–Crippen LogP) is 5.38. The van der Waals surface area contributed by atoms with Gasteiger partial charge < -0.3 is 10.6 Å². The van der Waals surface area contributed by atoms with Gasteiger partial charge in [0.2, 0.25) is 5.91 Å². The predicted molar refractivity (Wildman–Crippen MR) is 154 cm³/mol. The molecule has 8 heteroatoms. The maximum atomic E-state index is 13.7. The Labute approximate surface area is 229 Å². The number of rotatable bonds is 9. The van der Waals surface area contributed by atoms with E-state index >= 15 is 0 Å². The molecule has 0 saturated heterocycles. The lowest BCUT2D eigenvalue weighted by Crippen LogP contribution is -2.39. The molecule has 0 heterocycles. The highest BCUT2D eigenvalue weighted by atomic mass is 32.2. The van der Waals surface area contributed by atoms with Crippen molar-refractivity contribution in [3.05, 3.63) is 125 Å². The molecule has 0 bridgehead atoms. The third kappa shape index (κ3) is 6.72. The first-order valence-electron chi connectivity index (χ1n) is 12.5. The summed E-state index contributed by atoms with van der Waals surface area (Å²) in [5.41, 5.74) is 4.54. The molecule has 0 unspecified atom stereocenters. The van der Waals surface area contributed by atoms with Crippen molar-refractivity contribution < 1.29 is 18.0 Å². The lowest BCUT2D eigenvalue weighted by molar-refractivity contribution is -0.114. The second-order valence-corrected chi connectivity index (χ2v) is 11.2. The van der Waals surface area contributed by atoms with Crippen LogP contribution >= 0.6 is 0 Å². The molecule has 0 spiro atoms. The first kappa shape index (κ1) is 27.6. The maximum Gasteiger partial charge on any atom is 0.264 e. The van der Waals surface area contributed by atoms with E-state index in [1.165, 1.54) is 12.1 Å². The lowest BCUT2D eigenvalue weighted by atomic mass is 10.1. The molecule has 4 aromatic carbocycles. The van der Waals surface area contributed by atoms with Crippen LogP contribution in [-0.4, -0.2) is 26.8 Å². The molecule has 0 aliphatic carbocycles. The fourth-order valence-electron chi connectivity index (χ4n) is 4.21. The van der Waals surface area contributed by atoms with Gasteiger partial charge in [0.05, 0.1) is 21.8 Å². The van der Waals surface area contributed by atoms with Crippen molar-refractivity contribution in [1.82, 2.24) is 5.32 Å². The summed E-state index contributed by atoms with van der Waals surface area (Å²) in [5, 5.41) is 5.61. The van der Waals surface area contributed by atoms with Gasteiger partial charge in [-0.1, -0.05) is 77.9 Å². The average molecular weight is 542 g/mol. The second-order valence-electron chi connectivity index (χ2n) is 9.38. The lowest BCUT2D eigenvalue weighted by Gasteiger charge is -2.26. The van der Waals surface area contributed by atoms with Crippen LogP contribution in [0.25, 0.3) is 0 Å². The number of benzene rings is 4. The van der Waals surface area contributed by atoms with Crippen LogP contribution in [0.1, 0.15) is 32.6 Å². The van der Waals surface area contributed by atoms with Crippen molar-refractivity contribution in [3.8, 4) is 0 Å². The number of nitrogens with zero attached hydrogens (tertiary/aromatic N) is 1. The Morgan fingerprint density at radius 3 is 2.10 bits per heavy atom. The van der Waals surface area contributed by atoms with Crippen LogP contribution < -0.4 is 14.9 Å². The third-order valence-corrected chi connectivity index (χ3v) is 8.03. The molecule has 2 amide bonds. The van der Waals surface area contributed by atoms with Crippen molar-refractivity contribution >= 4 is 33.2 Å². The fourth-order valence-corrected chi connectivity index (χ4v) is 5.69. The minimum atomic E-state index is -4.07. The summed E-state index contributed by atoms with van der Waals surface area (Å²) >= 11 is 0. The number of amides is 2. The molecule has 0 aliphatic heterocycles. The van der Waals surface area contributed by atoms with Gasteiger partial charge in [-0.05, 0) is 62.2 Å². The standard InChI is InChI=1S/C31H31N3O4S/c1-22-13-16-26(17-14-22)39(37,38)34(29-18-15-23(2)19-24(29)3)21-30(35)33-28-12-8-7-11-27(28)31(36)32-20-25-9-5-4-6-10-25/h4-19H,20-21H2,1-3H3,(H,32,36)(H,33,35). The smallest absolute Gasteiger partial charge is 0.264 e. The zero-order valence-corrected chi connectivity index (χ0v) is 23.0. The molecule has 0 atom stereocenters. The third-order valence-electron chi connectivity index (χ3n) is 6.26. The molecular formula is C31H31N3O4S. The van der Waals surface area contributed by atoms with Crippen LogP contribution in [-0.2, 0) is 21.4 Å². The normalized spacial score (nSPS) is 11.1. The second kappa shape index (κ2) is 12.0. The van der Waals surface area contributed by atoms with Gasteiger partial charge in [0.1, 0.15) is 6.54 Å². The number of anilines is 2. The van der Waals surface area contributed by atoms with Crippen molar-refractivity contribution in [3.63, 3.8) is 0 Å². The molecule has 39 heavy (non-hydrogen) atoms. The Morgan fingerprint density at radius 1 is 0.769 bits per heavy atom. The zero-order valence-electron chi connectivity index (χ0n) is 22.1. The van der Waals surface area contributed by atoms with Gasteiger partial charge in [-0.25, -0.2) is 8.42 Å². The average Bonchev–Trinajstić information content (AvgIpc) is 2.92. The van der Waals surface area contributed by atoms with E-state index in [0.717, 1.165) is 26.6 Å². The Bertz CT molecular complexity index is 1580. The van der Waals surface area contributed by atoms with E-state index in [4.69, 9.17) is 0 Å². The van der Waals surface area contributed by atoms with Crippen molar-refractivity contribution in [2.24, 2.45) is 0 Å². The summed E-state index contributed by atoms with van der Waals surface area (Å²) < 4.78 is 28.6. The summed E-state index contributed by atoms with van der Waals surface area (Å²) in [4.78, 5) is 26.3. The number of carbonyl (C=O) groups excluding carboxylic acids is 2. The van der Waals surface area contributed by atoms with Gasteiger partial charge in [0, 0.05) is 6.54 Å². The van der Waals surface area contributed by atoms with E-state index < -0.39 is 22.5 Å². The number of aryl methyl sites for hydroxylation is 3. The van der Waals surface area contributed by atoms with E-state index in [2.05, 4.69) is 10.6 Å². The molecule has 200 valence electrons. The number of hydrogen-bond acceptors (Lipinski definition) is 4. The van der Waals surface area contributed by atoms with Crippen LogP contribution in [0.2, 0.25) is 0 Å². The molecule has 4 aromatic rings. The summed E-state index contributed by atoms with van der Waals surface area (Å²) in [6, 6.07) is 28.0. The summed E-state index contributed by atoms with van der Waals surface area (Å²) in [6.07, 6.45) is 0. The van der Waals surface area contributed by atoms with E-state index in [9.17, 15) is 18.0 Å². The van der Waals surface area contributed by atoms with Gasteiger partial charge in [-0.2, -0.15) is 0 Å². The van der Waals surface area contributed by atoms with Crippen LogP contribution in [0.4, 0.5) is 11.4 Å². The monoisotopic (exact) mass is 541 g/mol. The Balaban J connectivity index is 1.59. The molecule has 0 fully saturated rings. The maximum absolute atomic E-state index is 13.7. The summed E-state index contributed by atoms with van der Waals surface area (Å²) in [7, 11) is -4.07. The van der Waals surface area contributed by atoms with E-state index in [-0.39, 0.29) is 16.4 Å². The molecule has 0 aromatic heterocycles. The van der Waals surface area contributed by atoms with Crippen LogP contribution in [0.3, 0.4) is 0 Å². The SMILES string of the molecule is Cc1ccc(S(=O)(=O)N(CC(=O)Nc2ccccc2C(=O)NCc2ccccc2)c2ccc(C)cc2C)cc1. The summed E-state index contributed by atoms with van der Waals surface area (Å²) in [6.45, 7) is 5.46. The molecule has 7 nitrogen and oxygen atoms in total. The Hall–Kier alpha value is -4.43. The minimum Gasteiger partial charge on any atom is -0.348 e. The van der Waals surface area contributed by atoms with Crippen molar-refractivity contribution in [1.29, 1.82) is 0 Å². The highest BCUT2D eigenvalue weighted by Crippen LogP contribution is 2.28. The quantitative estimate of drug-likeness (QED) is 0.298. The van der Waals surface area contributed by atoms with Gasteiger partial charge in [0.25, 0.3) is 15.9 Å². The zero-order chi connectivity index (χ0) is 28.0. The number of hydrogen-bond donors (Lipinski definition) is 2. The minimum absolute atomic E-state index is 0.0848. The molecular weight excluding hydrogens is 510 g/mol. The molecule has 0 aliphatic rings. The van der Waals surface area contributed by atoms with Crippen LogP contribution in [0, 0.1) is 20.8 Å². The molecule has 2 N–H and O–H groups in total.